The molecule has 1 fully saturated rings. The van der Waals surface area contributed by atoms with Gasteiger partial charge >= 0.3 is 0 Å². The lowest BCUT2D eigenvalue weighted by molar-refractivity contribution is -0.130. The number of benzene rings is 1. The molecule has 2 amide bonds. The first-order chi connectivity index (χ1) is 11.9. The van der Waals surface area contributed by atoms with Gasteiger partial charge in [-0.15, -0.1) is 0 Å². The van der Waals surface area contributed by atoms with E-state index in [0.29, 0.717) is 18.0 Å². The van der Waals surface area contributed by atoms with Crippen LogP contribution in [-0.4, -0.2) is 41.3 Å². The summed E-state index contributed by atoms with van der Waals surface area (Å²) in [5.74, 6) is 0.493. The molecule has 132 valence electrons. The smallest absolute Gasteiger partial charge is 0.253 e. The van der Waals surface area contributed by atoms with E-state index in [1.165, 1.54) is 0 Å². The quantitative estimate of drug-likeness (QED) is 0.935. The zero-order chi connectivity index (χ0) is 18.0. The number of fused-ring (bicyclic) bond motifs is 1. The fourth-order valence-electron chi connectivity index (χ4n) is 3.39. The maximum atomic E-state index is 12.6. The van der Waals surface area contributed by atoms with Gasteiger partial charge in [0.05, 0.1) is 16.8 Å². The van der Waals surface area contributed by atoms with Crippen LogP contribution in [0.1, 0.15) is 41.4 Å². The second kappa shape index (κ2) is 7.21. The first kappa shape index (κ1) is 17.4. The molecule has 1 aromatic carbocycles. The summed E-state index contributed by atoms with van der Waals surface area (Å²) in [4.78, 5) is 30.4. The molecule has 1 N–H and O–H groups in total. The highest BCUT2D eigenvalue weighted by atomic mass is 16.2. The normalized spacial score (nSPS) is 15.4. The summed E-state index contributed by atoms with van der Waals surface area (Å²) in [5.41, 5.74) is 3.47. The zero-order valence-corrected chi connectivity index (χ0v) is 15.1. The lowest BCUT2D eigenvalue weighted by atomic mass is 9.96. The van der Waals surface area contributed by atoms with Crippen molar-refractivity contribution in [1.29, 1.82) is 0 Å². The van der Waals surface area contributed by atoms with E-state index < -0.39 is 0 Å². The Balaban J connectivity index is 1.64. The first-order valence-electron chi connectivity index (χ1n) is 8.86. The molecular formula is C20H25N3O2. The molecule has 2 aromatic rings. The van der Waals surface area contributed by atoms with Crippen LogP contribution in [0.5, 0.6) is 0 Å². The number of likely N-dealkylation sites (tertiary alicyclic amines) is 1. The number of nitrogens with one attached hydrogen (secondary N) is 1. The minimum atomic E-state index is -0.0681. The summed E-state index contributed by atoms with van der Waals surface area (Å²) in [6, 6.07) is 7.99. The van der Waals surface area contributed by atoms with E-state index in [-0.39, 0.29) is 11.8 Å². The molecule has 3 rings (SSSR count). The second-order valence-electron chi connectivity index (χ2n) is 6.98. The van der Waals surface area contributed by atoms with Gasteiger partial charge in [-0.1, -0.05) is 12.1 Å². The molecule has 0 aliphatic carbocycles. The molecule has 0 unspecified atom stereocenters. The Labute approximate surface area is 148 Å². The fraction of sp³-hybridized carbons (Fsp3) is 0.450. The van der Waals surface area contributed by atoms with Gasteiger partial charge in [-0.25, -0.2) is 0 Å². The molecule has 1 saturated heterocycles. The van der Waals surface area contributed by atoms with Crippen molar-refractivity contribution in [3.8, 4) is 0 Å². The zero-order valence-electron chi connectivity index (χ0n) is 15.1. The van der Waals surface area contributed by atoms with Gasteiger partial charge < -0.3 is 10.2 Å². The van der Waals surface area contributed by atoms with Gasteiger partial charge in [-0.05, 0) is 50.3 Å². The Morgan fingerprint density at radius 3 is 2.60 bits per heavy atom. The van der Waals surface area contributed by atoms with Crippen molar-refractivity contribution in [3.05, 3.63) is 41.1 Å². The van der Waals surface area contributed by atoms with Crippen LogP contribution >= 0.6 is 0 Å². The van der Waals surface area contributed by atoms with Gasteiger partial charge in [-0.2, -0.15) is 0 Å². The molecule has 0 bridgehead atoms. The maximum Gasteiger partial charge on any atom is 0.253 e. The number of amides is 2. The standard InChI is InChI=1S/C20H25N3O2/c1-13-4-5-17-11-18(14(2)22-19(17)10-13)20(25)21-12-16-6-8-23(9-7-16)15(3)24/h4-5,10-11,16H,6-9,12H2,1-3H3,(H,21,25). The third kappa shape index (κ3) is 3.98. The number of aromatic nitrogens is 1. The van der Waals surface area contributed by atoms with E-state index in [0.717, 1.165) is 48.1 Å². The topological polar surface area (TPSA) is 62.3 Å². The van der Waals surface area contributed by atoms with E-state index in [4.69, 9.17) is 0 Å². The molecule has 5 nitrogen and oxygen atoms in total. The molecular weight excluding hydrogens is 314 g/mol. The van der Waals surface area contributed by atoms with Crippen LogP contribution in [0, 0.1) is 19.8 Å². The highest BCUT2D eigenvalue weighted by Gasteiger charge is 2.21. The first-order valence-corrected chi connectivity index (χ1v) is 8.86. The van der Waals surface area contributed by atoms with Crippen molar-refractivity contribution in [2.75, 3.05) is 19.6 Å². The maximum absolute atomic E-state index is 12.6. The molecule has 5 heteroatoms. The summed E-state index contributed by atoms with van der Waals surface area (Å²) in [6.45, 7) is 7.74. The van der Waals surface area contributed by atoms with Gasteiger partial charge in [0, 0.05) is 31.9 Å². The van der Waals surface area contributed by atoms with Gasteiger partial charge in [0.1, 0.15) is 0 Å². The van der Waals surface area contributed by atoms with Crippen LogP contribution in [-0.2, 0) is 4.79 Å². The second-order valence-corrected chi connectivity index (χ2v) is 6.98. The van der Waals surface area contributed by atoms with Crippen molar-refractivity contribution in [2.45, 2.75) is 33.6 Å². The number of rotatable bonds is 3. The van der Waals surface area contributed by atoms with Crippen molar-refractivity contribution in [2.24, 2.45) is 5.92 Å². The van der Waals surface area contributed by atoms with Gasteiger partial charge in [0.2, 0.25) is 5.91 Å². The lowest BCUT2D eigenvalue weighted by Crippen LogP contribution is -2.40. The minimum Gasteiger partial charge on any atom is -0.352 e. The number of pyridine rings is 1. The number of hydrogen-bond acceptors (Lipinski definition) is 3. The van der Waals surface area contributed by atoms with Crippen molar-refractivity contribution >= 4 is 22.7 Å². The van der Waals surface area contributed by atoms with E-state index >= 15 is 0 Å². The number of aryl methyl sites for hydroxylation is 2. The third-order valence-electron chi connectivity index (χ3n) is 5.02. The van der Waals surface area contributed by atoms with Crippen molar-refractivity contribution in [3.63, 3.8) is 0 Å². The number of carbonyl (C=O) groups excluding carboxylic acids is 2. The van der Waals surface area contributed by atoms with Crippen LogP contribution in [0.4, 0.5) is 0 Å². The highest BCUT2D eigenvalue weighted by Crippen LogP contribution is 2.19. The Hall–Kier alpha value is -2.43. The predicted molar refractivity (Wildman–Crippen MR) is 98.5 cm³/mol. The SMILES string of the molecule is CC(=O)N1CCC(CNC(=O)c2cc3ccc(C)cc3nc2C)CC1. The van der Waals surface area contributed by atoms with Gasteiger partial charge in [0.15, 0.2) is 0 Å². The Bertz CT molecular complexity index is 808. The molecule has 2 heterocycles. The van der Waals surface area contributed by atoms with Gasteiger partial charge in [-0.3, -0.25) is 14.6 Å². The van der Waals surface area contributed by atoms with Crippen LogP contribution in [0.25, 0.3) is 10.9 Å². The Morgan fingerprint density at radius 1 is 1.20 bits per heavy atom. The molecule has 0 atom stereocenters. The highest BCUT2D eigenvalue weighted by molar-refractivity contribution is 5.98. The molecule has 0 radical (unpaired) electrons. The Kier molecular flexibility index (Phi) is 5.02. The predicted octanol–water partition coefficient (Wildman–Crippen LogP) is 2.84. The average Bonchev–Trinajstić information content (AvgIpc) is 2.59. The van der Waals surface area contributed by atoms with E-state index in [1.807, 2.05) is 43.0 Å². The van der Waals surface area contributed by atoms with E-state index in [1.54, 1.807) is 6.92 Å². The molecule has 25 heavy (non-hydrogen) atoms. The van der Waals surface area contributed by atoms with Crippen LogP contribution in [0.15, 0.2) is 24.3 Å². The summed E-state index contributed by atoms with van der Waals surface area (Å²) in [7, 11) is 0. The van der Waals surface area contributed by atoms with E-state index in [2.05, 4.69) is 10.3 Å². The number of nitrogens with zero attached hydrogens (tertiary/aromatic N) is 2. The van der Waals surface area contributed by atoms with Crippen LogP contribution in [0.3, 0.4) is 0 Å². The van der Waals surface area contributed by atoms with Crippen molar-refractivity contribution < 1.29 is 9.59 Å². The van der Waals surface area contributed by atoms with Crippen LogP contribution in [0.2, 0.25) is 0 Å². The molecule has 0 saturated carbocycles. The molecule has 1 aliphatic rings. The molecule has 0 spiro atoms. The fourth-order valence-corrected chi connectivity index (χ4v) is 3.39. The van der Waals surface area contributed by atoms with E-state index in [9.17, 15) is 9.59 Å². The van der Waals surface area contributed by atoms with Crippen molar-refractivity contribution in [1.82, 2.24) is 15.2 Å². The molecule has 1 aromatic heterocycles. The number of carbonyl (C=O) groups is 2. The monoisotopic (exact) mass is 339 g/mol. The summed E-state index contributed by atoms with van der Waals surface area (Å²) in [6.07, 6.45) is 1.88. The molecule has 1 aliphatic heterocycles. The summed E-state index contributed by atoms with van der Waals surface area (Å²) >= 11 is 0. The average molecular weight is 339 g/mol. The van der Waals surface area contributed by atoms with Gasteiger partial charge in [0.25, 0.3) is 5.91 Å². The summed E-state index contributed by atoms with van der Waals surface area (Å²) in [5, 5.41) is 4.03. The summed E-state index contributed by atoms with van der Waals surface area (Å²) < 4.78 is 0. The Morgan fingerprint density at radius 2 is 1.92 bits per heavy atom. The largest absolute Gasteiger partial charge is 0.352 e. The number of hydrogen-bond donors (Lipinski definition) is 1. The number of piperidine rings is 1. The minimum absolute atomic E-state index is 0.0681. The third-order valence-corrected chi connectivity index (χ3v) is 5.02. The van der Waals surface area contributed by atoms with Crippen LogP contribution < -0.4 is 5.32 Å². The lowest BCUT2D eigenvalue weighted by Gasteiger charge is -2.31.